The van der Waals surface area contributed by atoms with Crippen LogP contribution in [0.1, 0.15) is 12.8 Å². The maximum absolute atomic E-state index is 13.4. The molecule has 4 heteroatoms. The summed E-state index contributed by atoms with van der Waals surface area (Å²) in [6.45, 7) is 6.04. The summed E-state index contributed by atoms with van der Waals surface area (Å²) in [6.07, 6.45) is 2.57. The van der Waals surface area contributed by atoms with E-state index < -0.39 is 0 Å². The molecule has 0 aromatic heterocycles. The molecular formula is C15H21FN2O. The van der Waals surface area contributed by atoms with Crippen LogP contribution in [0.2, 0.25) is 0 Å². The van der Waals surface area contributed by atoms with Crippen LogP contribution in [0.4, 0.5) is 4.39 Å². The summed E-state index contributed by atoms with van der Waals surface area (Å²) in [6, 6.07) is 6.60. The van der Waals surface area contributed by atoms with Gasteiger partial charge < -0.3 is 10.1 Å². The highest BCUT2D eigenvalue weighted by atomic mass is 19.1. The number of para-hydroxylation sites is 1. The van der Waals surface area contributed by atoms with Crippen LogP contribution in [0.25, 0.3) is 0 Å². The number of hydrogen-bond acceptors (Lipinski definition) is 3. The molecule has 3 nitrogen and oxygen atoms in total. The van der Waals surface area contributed by atoms with Gasteiger partial charge in [0.05, 0.1) is 0 Å². The standard InChI is InChI=1S/C15H21FN2O/c16-13-3-1-2-4-14(13)19-10-9-18-8-6-15(12-18)5-7-17-11-15/h1-4,17H,5-12H2. The van der Waals surface area contributed by atoms with Gasteiger partial charge in [0.1, 0.15) is 6.61 Å². The summed E-state index contributed by atoms with van der Waals surface area (Å²) in [4.78, 5) is 2.44. The predicted molar refractivity (Wildman–Crippen MR) is 72.9 cm³/mol. The molecule has 2 fully saturated rings. The summed E-state index contributed by atoms with van der Waals surface area (Å²) in [5.41, 5.74) is 0.498. The summed E-state index contributed by atoms with van der Waals surface area (Å²) < 4.78 is 18.9. The lowest BCUT2D eigenvalue weighted by Gasteiger charge is -2.22. The Morgan fingerprint density at radius 3 is 3.00 bits per heavy atom. The molecule has 1 aromatic rings. The maximum Gasteiger partial charge on any atom is 0.165 e. The average molecular weight is 264 g/mol. The fourth-order valence-electron chi connectivity index (χ4n) is 3.21. The maximum atomic E-state index is 13.4. The van der Waals surface area contributed by atoms with E-state index in [1.807, 2.05) is 0 Å². The average Bonchev–Trinajstić information content (AvgIpc) is 3.03. The van der Waals surface area contributed by atoms with Crippen molar-refractivity contribution in [3.05, 3.63) is 30.1 Å². The van der Waals surface area contributed by atoms with E-state index in [1.165, 1.54) is 18.9 Å². The zero-order valence-corrected chi connectivity index (χ0v) is 11.2. The highest BCUT2D eigenvalue weighted by Crippen LogP contribution is 2.35. The molecule has 1 unspecified atom stereocenters. The van der Waals surface area contributed by atoms with Gasteiger partial charge in [0.25, 0.3) is 0 Å². The van der Waals surface area contributed by atoms with Crippen molar-refractivity contribution in [2.24, 2.45) is 5.41 Å². The lowest BCUT2D eigenvalue weighted by Crippen LogP contribution is -2.31. The monoisotopic (exact) mass is 264 g/mol. The molecule has 1 atom stereocenters. The number of ether oxygens (including phenoxy) is 1. The first-order valence-electron chi connectivity index (χ1n) is 7.08. The first kappa shape index (κ1) is 12.9. The fourth-order valence-corrected chi connectivity index (χ4v) is 3.21. The van der Waals surface area contributed by atoms with Gasteiger partial charge in [0, 0.05) is 19.6 Å². The van der Waals surface area contributed by atoms with Crippen LogP contribution >= 0.6 is 0 Å². The molecule has 104 valence electrons. The molecule has 1 spiro atoms. The predicted octanol–water partition coefficient (Wildman–Crippen LogP) is 1.89. The van der Waals surface area contributed by atoms with Crippen LogP contribution in [0, 0.1) is 11.2 Å². The van der Waals surface area contributed by atoms with E-state index in [1.54, 1.807) is 18.2 Å². The largest absolute Gasteiger partial charge is 0.489 e. The molecular weight excluding hydrogens is 243 g/mol. The van der Waals surface area contributed by atoms with Crippen molar-refractivity contribution in [3.63, 3.8) is 0 Å². The second-order valence-electron chi connectivity index (χ2n) is 5.73. The number of rotatable bonds is 4. The minimum absolute atomic E-state index is 0.277. The normalized spacial score (nSPS) is 27.2. The Balaban J connectivity index is 1.45. The molecule has 0 aliphatic carbocycles. The van der Waals surface area contributed by atoms with Crippen molar-refractivity contribution < 1.29 is 9.13 Å². The second-order valence-corrected chi connectivity index (χ2v) is 5.73. The van der Waals surface area contributed by atoms with E-state index in [2.05, 4.69) is 10.2 Å². The van der Waals surface area contributed by atoms with E-state index >= 15 is 0 Å². The third-order valence-electron chi connectivity index (χ3n) is 4.35. The third-order valence-corrected chi connectivity index (χ3v) is 4.35. The molecule has 0 saturated carbocycles. The highest BCUT2D eigenvalue weighted by molar-refractivity contribution is 5.23. The van der Waals surface area contributed by atoms with E-state index in [0.29, 0.717) is 17.8 Å². The Bertz CT molecular complexity index is 432. The number of hydrogen-bond donors (Lipinski definition) is 1. The Kier molecular flexibility index (Phi) is 3.71. The van der Waals surface area contributed by atoms with Gasteiger partial charge in [-0.25, -0.2) is 4.39 Å². The molecule has 2 saturated heterocycles. The SMILES string of the molecule is Fc1ccccc1OCCN1CCC2(CCNC2)C1. The number of halogens is 1. The van der Waals surface area contributed by atoms with Crippen LogP contribution in [-0.2, 0) is 0 Å². The number of likely N-dealkylation sites (tertiary alicyclic amines) is 1. The van der Waals surface area contributed by atoms with Gasteiger partial charge in [0.2, 0.25) is 0 Å². The fraction of sp³-hybridized carbons (Fsp3) is 0.600. The summed E-state index contributed by atoms with van der Waals surface area (Å²) in [5.74, 6) is 0.0827. The minimum Gasteiger partial charge on any atom is -0.489 e. The van der Waals surface area contributed by atoms with Crippen LogP contribution in [0.3, 0.4) is 0 Å². The van der Waals surface area contributed by atoms with Crippen molar-refractivity contribution in [3.8, 4) is 5.75 Å². The smallest absolute Gasteiger partial charge is 0.165 e. The lowest BCUT2D eigenvalue weighted by atomic mass is 9.87. The molecule has 2 heterocycles. The van der Waals surface area contributed by atoms with E-state index in [4.69, 9.17) is 4.74 Å². The van der Waals surface area contributed by atoms with E-state index in [-0.39, 0.29) is 5.82 Å². The molecule has 2 aliphatic rings. The number of nitrogens with zero attached hydrogens (tertiary/aromatic N) is 1. The molecule has 3 rings (SSSR count). The summed E-state index contributed by atoms with van der Waals surface area (Å²) in [5, 5.41) is 3.46. The summed E-state index contributed by atoms with van der Waals surface area (Å²) in [7, 11) is 0. The Morgan fingerprint density at radius 2 is 2.21 bits per heavy atom. The van der Waals surface area contributed by atoms with E-state index in [9.17, 15) is 4.39 Å². The van der Waals surface area contributed by atoms with Crippen LogP contribution in [0.5, 0.6) is 5.75 Å². The Hall–Kier alpha value is -1.13. The van der Waals surface area contributed by atoms with Gasteiger partial charge in [-0.2, -0.15) is 0 Å². The molecule has 0 radical (unpaired) electrons. The van der Waals surface area contributed by atoms with Gasteiger partial charge in [-0.3, -0.25) is 4.90 Å². The molecule has 1 N–H and O–H groups in total. The molecule has 0 amide bonds. The van der Waals surface area contributed by atoms with Crippen molar-refractivity contribution >= 4 is 0 Å². The van der Waals surface area contributed by atoms with Gasteiger partial charge in [0.15, 0.2) is 11.6 Å². The van der Waals surface area contributed by atoms with Gasteiger partial charge in [-0.15, -0.1) is 0 Å². The number of benzene rings is 1. The quantitative estimate of drug-likeness (QED) is 0.899. The Morgan fingerprint density at radius 1 is 1.32 bits per heavy atom. The minimum atomic E-state index is -0.277. The third kappa shape index (κ3) is 2.90. The first-order chi connectivity index (χ1) is 9.27. The molecule has 2 aliphatic heterocycles. The van der Waals surface area contributed by atoms with Gasteiger partial charge in [-0.05, 0) is 43.5 Å². The summed E-state index contributed by atoms with van der Waals surface area (Å²) >= 11 is 0. The number of nitrogens with one attached hydrogen (secondary N) is 1. The van der Waals surface area contributed by atoms with Gasteiger partial charge in [-0.1, -0.05) is 12.1 Å². The highest BCUT2D eigenvalue weighted by Gasteiger charge is 2.39. The van der Waals surface area contributed by atoms with Crippen LogP contribution < -0.4 is 10.1 Å². The van der Waals surface area contributed by atoms with E-state index in [0.717, 1.165) is 32.7 Å². The molecule has 0 bridgehead atoms. The Labute approximate surface area is 113 Å². The van der Waals surface area contributed by atoms with Crippen molar-refractivity contribution in [2.45, 2.75) is 12.8 Å². The second kappa shape index (κ2) is 5.47. The van der Waals surface area contributed by atoms with Crippen LogP contribution in [-0.4, -0.2) is 44.2 Å². The topological polar surface area (TPSA) is 24.5 Å². The molecule has 19 heavy (non-hydrogen) atoms. The van der Waals surface area contributed by atoms with Crippen molar-refractivity contribution in [1.82, 2.24) is 10.2 Å². The van der Waals surface area contributed by atoms with Gasteiger partial charge >= 0.3 is 0 Å². The molecule has 1 aromatic carbocycles. The first-order valence-corrected chi connectivity index (χ1v) is 7.08. The zero-order valence-electron chi connectivity index (χ0n) is 11.2. The van der Waals surface area contributed by atoms with Crippen molar-refractivity contribution in [2.75, 3.05) is 39.3 Å². The lowest BCUT2D eigenvalue weighted by molar-refractivity contribution is 0.213. The zero-order chi connectivity index (χ0) is 13.1. The van der Waals surface area contributed by atoms with Crippen molar-refractivity contribution in [1.29, 1.82) is 0 Å². The van der Waals surface area contributed by atoms with Crippen LogP contribution in [0.15, 0.2) is 24.3 Å².